The van der Waals surface area contributed by atoms with Crippen molar-refractivity contribution in [3.8, 4) is 0 Å². The number of ketones is 1. The minimum absolute atomic E-state index is 0.0923. The molecule has 0 saturated heterocycles. The van der Waals surface area contributed by atoms with Gasteiger partial charge in [0.1, 0.15) is 0 Å². The number of carbonyl (C=O) groups excluding carboxylic acids is 1. The van der Waals surface area contributed by atoms with Crippen molar-refractivity contribution < 1.29 is 9.53 Å². The van der Waals surface area contributed by atoms with Crippen LogP contribution in [0.5, 0.6) is 0 Å². The lowest BCUT2D eigenvalue weighted by Crippen LogP contribution is -2.46. The van der Waals surface area contributed by atoms with E-state index < -0.39 is 5.60 Å². The molecule has 2 aliphatic carbocycles. The predicted octanol–water partition coefficient (Wildman–Crippen LogP) is 2.70. The number of hydrogen-bond acceptors (Lipinski definition) is 2. The summed E-state index contributed by atoms with van der Waals surface area (Å²) in [6.45, 7) is 0.628. The molecule has 0 bridgehead atoms. The molecule has 1 aromatic rings. The molecule has 0 spiro atoms. The molecule has 0 fully saturated rings. The summed E-state index contributed by atoms with van der Waals surface area (Å²) < 4.78 is 5.82. The first kappa shape index (κ1) is 11.4. The van der Waals surface area contributed by atoms with E-state index >= 15 is 0 Å². The van der Waals surface area contributed by atoms with Crippen molar-refractivity contribution in [3.05, 3.63) is 60.2 Å². The minimum Gasteiger partial charge on any atom is -0.362 e. The molecule has 18 heavy (non-hydrogen) atoms. The van der Waals surface area contributed by atoms with Crippen molar-refractivity contribution in [2.24, 2.45) is 5.92 Å². The number of ether oxygens (including phenoxy) is 1. The van der Waals surface area contributed by atoms with E-state index in [9.17, 15) is 4.79 Å². The Morgan fingerprint density at radius 2 is 2.00 bits per heavy atom. The van der Waals surface area contributed by atoms with Crippen molar-refractivity contribution >= 4 is 5.78 Å². The maximum Gasteiger partial charge on any atom is 0.192 e. The van der Waals surface area contributed by atoms with Gasteiger partial charge in [0, 0.05) is 12.5 Å². The topological polar surface area (TPSA) is 26.3 Å². The number of carbonyl (C=O) groups is 1. The molecule has 2 unspecified atom stereocenters. The van der Waals surface area contributed by atoms with Crippen LogP contribution in [0.2, 0.25) is 0 Å². The summed E-state index contributed by atoms with van der Waals surface area (Å²) in [5.74, 6) is 0.261. The van der Waals surface area contributed by atoms with E-state index in [4.69, 9.17) is 4.74 Å². The van der Waals surface area contributed by atoms with Crippen molar-refractivity contribution in [2.45, 2.75) is 18.4 Å². The maximum atomic E-state index is 11.8. The van der Waals surface area contributed by atoms with Crippen LogP contribution < -0.4 is 0 Å². The summed E-state index contributed by atoms with van der Waals surface area (Å²) in [4.78, 5) is 11.8. The molecular weight excluding hydrogens is 224 g/mol. The van der Waals surface area contributed by atoms with Crippen LogP contribution in [0.25, 0.3) is 0 Å². The second-order valence-corrected chi connectivity index (χ2v) is 4.84. The monoisotopic (exact) mass is 240 g/mol. The molecule has 1 aromatic carbocycles. The Hall–Kier alpha value is -1.67. The molecule has 0 aromatic heterocycles. The Balaban J connectivity index is 1.49. The molecule has 0 amide bonds. The van der Waals surface area contributed by atoms with Gasteiger partial charge in [0.05, 0.1) is 0 Å². The van der Waals surface area contributed by atoms with Crippen LogP contribution in [0.3, 0.4) is 0 Å². The van der Waals surface area contributed by atoms with Gasteiger partial charge in [0.2, 0.25) is 0 Å². The van der Waals surface area contributed by atoms with E-state index in [2.05, 4.69) is 12.1 Å². The quantitative estimate of drug-likeness (QED) is 0.584. The number of aryl methyl sites for hydroxylation is 1. The number of fused-ring (bicyclic) bond motifs is 1. The normalized spacial score (nSPS) is 28.2. The zero-order valence-electron chi connectivity index (χ0n) is 10.2. The van der Waals surface area contributed by atoms with E-state index in [0.717, 1.165) is 12.8 Å². The van der Waals surface area contributed by atoms with Crippen LogP contribution in [-0.4, -0.2) is 18.0 Å². The van der Waals surface area contributed by atoms with Crippen molar-refractivity contribution in [1.82, 2.24) is 0 Å². The molecule has 2 heteroatoms. The third-order valence-corrected chi connectivity index (χ3v) is 3.68. The molecular formula is C16H16O2. The molecule has 92 valence electrons. The molecule has 0 radical (unpaired) electrons. The zero-order valence-corrected chi connectivity index (χ0v) is 10.2. The van der Waals surface area contributed by atoms with Crippen LogP contribution >= 0.6 is 0 Å². The summed E-state index contributed by atoms with van der Waals surface area (Å²) in [7, 11) is 0. The van der Waals surface area contributed by atoms with Gasteiger partial charge in [0.25, 0.3) is 0 Å². The number of rotatable bonds is 5. The Bertz CT molecular complexity index is 501. The van der Waals surface area contributed by atoms with Crippen LogP contribution in [0.4, 0.5) is 0 Å². The molecule has 0 saturated carbocycles. The first-order valence-corrected chi connectivity index (χ1v) is 6.41. The van der Waals surface area contributed by atoms with Gasteiger partial charge in [-0.15, -0.1) is 0 Å². The third-order valence-electron chi connectivity index (χ3n) is 3.68. The largest absolute Gasteiger partial charge is 0.362 e. The highest BCUT2D eigenvalue weighted by molar-refractivity contribution is 6.03. The zero-order chi connectivity index (χ0) is 12.4. The van der Waals surface area contributed by atoms with E-state index in [1.807, 2.05) is 36.4 Å². The average molecular weight is 240 g/mol. The van der Waals surface area contributed by atoms with Gasteiger partial charge < -0.3 is 4.74 Å². The SMILES string of the molecule is O=C1C=CC2C=CC12OCCCc1ccccc1. The maximum absolute atomic E-state index is 11.8. The fraction of sp³-hybridized carbons (Fsp3) is 0.312. The van der Waals surface area contributed by atoms with Gasteiger partial charge in [-0.2, -0.15) is 0 Å². The van der Waals surface area contributed by atoms with Gasteiger partial charge in [-0.25, -0.2) is 0 Å². The lowest BCUT2D eigenvalue weighted by molar-refractivity contribution is -0.136. The van der Waals surface area contributed by atoms with E-state index in [-0.39, 0.29) is 11.7 Å². The molecule has 0 N–H and O–H groups in total. The third kappa shape index (κ3) is 1.83. The first-order valence-electron chi connectivity index (χ1n) is 6.41. The molecule has 2 aliphatic rings. The smallest absolute Gasteiger partial charge is 0.192 e. The van der Waals surface area contributed by atoms with Gasteiger partial charge in [0.15, 0.2) is 11.4 Å². The van der Waals surface area contributed by atoms with Gasteiger partial charge in [-0.1, -0.05) is 42.5 Å². The highest BCUT2D eigenvalue weighted by Crippen LogP contribution is 2.40. The second-order valence-electron chi connectivity index (χ2n) is 4.84. The van der Waals surface area contributed by atoms with E-state index in [1.165, 1.54) is 5.56 Å². The second kappa shape index (κ2) is 4.54. The summed E-state index contributed by atoms with van der Waals surface area (Å²) in [5.41, 5.74) is 0.673. The van der Waals surface area contributed by atoms with Crippen molar-refractivity contribution in [2.75, 3.05) is 6.61 Å². The summed E-state index contributed by atoms with van der Waals surface area (Å²) in [6.07, 6.45) is 9.43. The predicted molar refractivity (Wildman–Crippen MR) is 70.2 cm³/mol. The van der Waals surface area contributed by atoms with Crippen LogP contribution in [-0.2, 0) is 16.0 Å². The van der Waals surface area contributed by atoms with Gasteiger partial charge in [-0.05, 0) is 30.6 Å². The highest BCUT2D eigenvalue weighted by Gasteiger charge is 2.49. The Morgan fingerprint density at radius 3 is 2.67 bits per heavy atom. The Kier molecular flexibility index (Phi) is 2.88. The average Bonchev–Trinajstić information content (AvgIpc) is 2.58. The van der Waals surface area contributed by atoms with E-state index in [0.29, 0.717) is 6.61 Å². The van der Waals surface area contributed by atoms with Crippen molar-refractivity contribution in [3.63, 3.8) is 0 Å². The van der Waals surface area contributed by atoms with E-state index in [1.54, 1.807) is 6.08 Å². The highest BCUT2D eigenvalue weighted by atomic mass is 16.5. The molecule has 2 atom stereocenters. The molecule has 3 rings (SSSR count). The van der Waals surface area contributed by atoms with Crippen LogP contribution in [0.1, 0.15) is 12.0 Å². The lowest BCUT2D eigenvalue weighted by Gasteiger charge is -2.36. The standard InChI is InChI=1S/C16H16O2/c17-15-9-8-14-10-11-16(14,15)18-12-4-7-13-5-2-1-3-6-13/h1-3,5-6,8-11,14H,4,7,12H2. The summed E-state index contributed by atoms with van der Waals surface area (Å²) in [6, 6.07) is 10.3. The molecule has 2 nitrogen and oxygen atoms in total. The fourth-order valence-electron chi connectivity index (χ4n) is 2.53. The van der Waals surface area contributed by atoms with Crippen LogP contribution in [0.15, 0.2) is 54.6 Å². The minimum atomic E-state index is -0.642. The Morgan fingerprint density at radius 1 is 1.17 bits per heavy atom. The summed E-state index contributed by atoms with van der Waals surface area (Å²) in [5, 5.41) is 0. The first-order chi connectivity index (χ1) is 8.81. The summed E-state index contributed by atoms with van der Waals surface area (Å²) >= 11 is 0. The lowest BCUT2D eigenvalue weighted by atomic mass is 9.79. The molecule has 0 aliphatic heterocycles. The number of hydrogen-bond donors (Lipinski definition) is 0. The Labute approximate surface area is 107 Å². The fourth-order valence-corrected chi connectivity index (χ4v) is 2.53. The van der Waals surface area contributed by atoms with Gasteiger partial charge >= 0.3 is 0 Å². The number of benzene rings is 1. The molecule has 0 heterocycles. The van der Waals surface area contributed by atoms with Crippen LogP contribution in [0, 0.1) is 5.92 Å². The van der Waals surface area contributed by atoms with Gasteiger partial charge in [-0.3, -0.25) is 4.79 Å². The van der Waals surface area contributed by atoms with Crippen molar-refractivity contribution in [1.29, 1.82) is 0 Å².